The van der Waals surface area contributed by atoms with Crippen molar-refractivity contribution in [2.45, 2.75) is 40.0 Å². The minimum Gasteiger partial charge on any atom is -0.545 e. The molecule has 0 aromatic heterocycles. The maximum absolute atomic E-state index is 11.2. The molecule has 9 nitrogen and oxygen atoms in total. The Morgan fingerprint density at radius 3 is 0.909 bits per heavy atom. The molecule has 1 radical (unpaired) electrons. The molecule has 0 spiro atoms. The molecular weight excluding hydrogens is 736 g/mol. The Balaban J connectivity index is 0.000000139. The van der Waals surface area contributed by atoms with E-state index < -0.39 is 17.9 Å². The Hall–Kier alpha value is -6.34. The van der Waals surface area contributed by atoms with Gasteiger partial charge >= 0.3 is 17.4 Å². The van der Waals surface area contributed by atoms with E-state index in [0.29, 0.717) is 69.9 Å². The predicted molar refractivity (Wildman–Crippen MR) is 194 cm³/mol. The zero-order valence-electron chi connectivity index (χ0n) is 30.1. The van der Waals surface area contributed by atoms with Crippen LogP contribution in [0.5, 0.6) is 34.5 Å². The molecule has 273 valence electrons. The summed E-state index contributed by atoms with van der Waals surface area (Å²) < 4.78 is 17.2. The molecule has 0 bridgehead atoms. The minimum atomic E-state index is -1.15. The van der Waals surface area contributed by atoms with Crippen molar-refractivity contribution in [3.05, 3.63) is 176 Å². The van der Waals surface area contributed by atoms with E-state index in [4.69, 9.17) is 14.2 Å². The van der Waals surface area contributed by atoms with Crippen molar-refractivity contribution in [3.8, 4) is 34.5 Å². The molecular formula is C45H33CrO9. The number of rotatable bonds is 3. The Labute approximate surface area is 328 Å². The topological polar surface area (TPSA) is 148 Å². The molecule has 0 saturated heterocycles. The van der Waals surface area contributed by atoms with Crippen LogP contribution in [0, 0.1) is 20.8 Å². The normalized spacial score (nSPS) is 12.1. The Morgan fingerprint density at radius 2 is 0.655 bits per heavy atom. The molecule has 0 atom stereocenters. The number of hydrogen-bond acceptors (Lipinski definition) is 9. The fraction of sp³-hybridized carbons (Fsp3) is 0.133. The molecule has 0 amide bonds. The smallest absolute Gasteiger partial charge is 0.545 e. The summed E-state index contributed by atoms with van der Waals surface area (Å²) in [4.78, 5) is 33.7. The monoisotopic (exact) mass is 769 g/mol. The van der Waals surface area contributed by atoms with Gasteiger partial charge < -0.3 is 43.9 Å². The zero-order chi connectivity index (χ0) is 38.1. The number of carbonyl (C=O) groups excluding carboxylic acids is 3. The summed E-state index contributed by atoms with van der Waals surface area (Å²) >= 11 is 0. The Bertz CT molecular complexity index is 2210. The molecule has 6 aromatic rings. The number of aryl methyl sites for hydroxylation is 3. The summed E-state index contributed by atoms with van der Waals surface area (Å²) in [6.45, 7) is 5.31. The van der Waals surface area contributed by atoms with E-state index in [0.717, 1.165) is 33.9 Å². The minimum absolute atomic E-state index is 0. The fourth-order valence-electron chi connectivity index (χ4n) is 7.08. The van der Waals surface area contributed by atoms with Gasteiger partial charge in [0.2, 0.25) is 0 Å². The van der Waals surface area contributed by atoms with E-state index in [2.05, 4.69) is 0 Å². The number of carboxylic acids is 3. The van der Waals surface area contributed by atoms with Crippen molar-refractivity contribution in [2.24, 2.45) is 0 Å². The number of carbonyl (C=O) groups is 3. The van der Waals surface area contributed by atoms with Crippen molar-refractivity contribution < 1.29 is 61.3 Å². The second-order valence-electron chi connectivity index (χ2n) is 13.2. The molecule has 0 unspecified atom stereocenters. The van der Waals surface area contributed by atoms with Crippen LogP contribution >= 0.6 is 0 Å². The molecule has 0 fully saturated rings. The zero-order valence-corrected chi connectivity index (χ0v) is 31.4. The summed E-state index contributed by atoms with van der Waals surface area (Å²) in [5.41, 5.74) is 7.97. The van der Waals surface area contributed by atoms with Crippen LogP contribution in [0.4, 0.5) is 0 Å². The van der Waals surface area contributed by atoms with E-state index in [-0.39, 0.29) is 34.1 Å². The molecule has 9 rings (SSSR count). The second kappa shape index (κ2) is 16.0. The third-order valence-electron chi connectivity index (χ3n) is 9.73. The molecule has 0 aliphatic carbocycles. The van der Waals surface area contributed by atoms with Gasteiger partial charge in [0, 0.05) is 52.6 Å². The van der Waals surface area contributed by atoms with Gasteiger partial charge in [-0.05, 0) is 90.6 Å². The SMILES string of the molecule is Cc1ccc2c(c1C(=O)[O-])Cc1ccccc1O2.Cc1ccc2c(c1C(=O)[O-])Cc1ccccc1O2.Cc1ccc2c(c1C(=O)[O-])Cc1ccccc1O2.[Cr+3]. The number of fused-ring (bicyclic) bond motifs is 6. The van der Waals surface area contributed by atoms with Gasteiger partial charge in [-0.25, -0.2) is 0 Å². The quantitative estimate of drug-likeness (QED) is 0.206. The first-order valence-electron chi connectivity index (χ1n) is 17.3. The van der Waals surface area contributed by atoms with Crippen molar-refractivity contribution in [1.82, 2.24) is 0 Å². The van der Waals surface area contributed by atoms with Crippen LogP contribution in [0.2, 0.25) is 0 Å². The van der Waals surface area contributed by atoms with Crippen molar-refractivity contribution in [3.63, 3.8) is 0 Å². The predicted octanol–water partition coefficient (Wildman–Crippen LogP) is 6.16. The van der Waals surface area contributed by atoms with Gasteiger partial charge in [-0.1, -0.05) is 72.8 Å². The summed E-state index contributed by atoms with van der Waals surface area (Å²) in [6, 6.07) is 33.6. The maximum atomic E-state index is 11.2. The van der Waals surface area contributed by atoms with Crippen molar-refractivity contribution >= 4 is 17.9 Å². The number of hydrogen-bond donors (Lipinski definition) is 0. The molecule has 55 heavy (non-hydrogen) atoms. The van der Waals surface area contributed by atoms with Crippen LogP contribution in [-0.4, -0.2) is 17.9 Å². The number of benzene rings is 6. The summed E-state index contributed by atoms with van der Waals surface area (Å²) in [5, 5.41) is 33.7. The van der Waals surface area contributed by atoms with Gasteiger partial charge in [0.05, 0.1) is 17.9 Å². The molecule has 3 aliphatic heterocycles. The summed E-state index contributed by atoms with van der Waals surface area (Å²) in [7, 11) is 0. The summed E-state index contributed by atoms with van der Waals surface area (Å²) in [5.74, 6) is 0.761. The first-order chi connectivity index (χ1) is 26.0. The van der Waals surface area contributed by atoms with Gasteiger partial charge in [0.1, 0.15) is 34.5 Å². The van der Waals surface area contributed by atoms with E-state index in [1.165, 1.54) is 0 Å². The second-order valence-corrected chi connectivity index (χ2v) is 13.2. The third-order valence-corrected chi connectivity index (χ3v) is 9.73. The standard InChI is InChI=1S/3C15H12O3.Cr/c3*1-9-6-7-13-11(14(9)15(16)17)8-10-4-2-3-5-12(10)18-13;/h3*2-7H,8H2,1H3,(H,16,17);/q;;;+3/p-3. The van der Waals surface area contributed by atoms with Gasteiger partial charge in [0.25, 0.3) is 0 Å². The first-order valence-corrected chi connectivity index (χ1v) is 17.3. The van der Waals surface area contributed by atoms with E-state index in [1.807, 2.05) is 91.0 Å². The van der Waals surface area contributed by atoms with Crippen molar-refractivity contribution in [2.75, 3.05) is 0 Å². The third kappa shape index (κ3) is 7.69. The van der Waals surface area contributed by atoms with Gasteiger partial charge in [0.15, 0.2) is 0 Å². The van der Waals surface area contributed by atoms with E-state index >= 15 is 0 Å². The van der Waals surface area contributed by atoms with Crippen LogP contribution in [0.15, 0.2) is 109 Å². The largest absolute Gasteiger partial charge is 3.00 e. The molecule has 3 heterocycles. The van der Waals surface area contributed by atoms with Crippen LogP contribution in [0.3, 0.4) is 0 Å². The number of ether oxygens (including phenoxy) is 3. The molecule has 6 aromatic carbocycles. The van der Waals surface area contributed by atoms with Gasteiger partial charge in [-0.3, -0.25) is 0 Å². The first kappa shape index (κ1) is 38.4. The molecule has 3 aliphatic rings. The maximum Gasteiger partial charge on any atom is 3.00 e. The molecule has 10 heteroatoms. The van der Waals surface area contributed by atoms with Gasteiger partial charge in [-0.15, -0.1) is 0 Å². The molecule has 0 N–H and O–H groups in total. The number of aromatic carboxylic acids is 3. The average Bonchev–Trinajstić information content (AvgIpc) is 3.15. The number of para-hydroxylation sites is 3. The van der Waals surface area contributed by atoms with Crippen LogP contribution < -0.4 is 29.5 Å². The Kier molecular flexibility index (Phi) is 11.1. The van der Waals surface area contributed by atoms with E-state index in [1.54, 1.807) is 39.0 Å². The summed E-state index contributed by atoms with van der Waals surface area (Å²) in [6.07, 6.45) is 1.70. The van der Waals surface area contributed by atoms with Crippen LogP contribution in [-0.2, 0) is 36.6 Å². The van der Waals surface area contributed by atoms with Crippen LogP contribution in [0.25, 0.3) is 0 Å². The Morgan fingerprint density at radius 1 is 0.400 bits per heavy atom. The van der Waals surface area contributed by atoms with Crippen molar-refractivity contribution in [1.29, 1.82) is 0 Å². The molecule has 0 saturated carbocycles. The van der Waals surface area contributed by atoms with Crippen LogP contribution in [0.1, 0.15) is 81.1 Å². The van der Waals surface area contributed by atoms with E-state index in [9.17, 15) is 29.7 Å². The van der Waals surface area contributed by atoms with Gasteiger partial charge in [-0.2, -0.15) is 0 Å². The average molecular weight is 770 g/mol. The fourth-order valence-corrected chi connectivity index (χ4v) is 7.08. The number of carboxylic acid groups (broad SMARTS) is 3.